The molecule has 3 aliphatic rings. The highest BCUT2D eigenvalue weighted by molar-refractivity contribution is 5.73. The maximum Gasteiger partial charge on any atom is 0.490 e. The zero-order valence-corrected chi connectivity index (χ0v) is 17.5. The van der Waals surface area contributed by atoms with Crippen LogP contribution in [0, 0.1) is 17.8 Å². The van der Waals surface area contributed by atoms with Crippen LogP contribution in [0.25, 0.3) is 0 Å². The van der Waals surface area contributed by atoms with Gasteiger partial charge in [0.1, 0.15) is 0 Å². The van der Waals surface area contributed by atoms with E-state index in [1.165, 1.54) is 51.1 Å². The smallest absolute Gasteiger partial charge is 0.475 e. The Bertz CT molecular complexity index is 748. The Hall–Kier alpha value is -2.41. The predicted molar refractivity (Wildman–Crippen MR) is 103 cm³/mol. The number of carboxylic acid groups (broad SMARTS) is 2. The zero-order valence-electron chi connectivity index (χ0n) is 17.5. The van der Waals surface area contributed by atoms with Crippen LogP contribution in [-0.4, -0.2) is 82.0 Å². The Morgan fingerprint density at radius 1 is 0.909 bits per heavy atom. The lowest BCUT2D eigenvalue weighted by atomic mass is 10.0. The van der Waals surface area contributed by atoms with Gasteiger partial charge in [0.05, 0.1) is 0 Å². The van der Waals surface area contributed by atoms with Crippen LogP contribution in [0.4, 0.5) is 26.3 Å². The molecule has 2 N–H and O–H groups in total. The van der Waals surface area contributed by atoms with Crippen LogP contribution in [-0.2, 0) is 16.1 Å². The third kappa shape index (κ3) is 9.54. The van der Waals surface area contributed by atoms with E-state index in [-0.39, 0.29) is 0 Å². The highest BCUT2D eigenvalue weighted by Gasteiger charge is 2.41. The van der Waals surface area contributed by atoms with Crippen LogP contribution >= 0.6 is 0 Å². The molecule has 7 nitrogen and oxygen atoms in total. The van der Waals surface area contributed by atoms with Crippen molar-refractivity contribution in [1.82, 2.24) is 14.8 Å². The Kier molecular flexibility index (Phi) is 9.06. The second-order valence-electron chi connectivity index (χ2n) is 8.34. The standard InChI is InChI=1S/C16H23N3.2C2HF3O2/c1-2-14(6-17-5-1)8-19-11-15-9-18(7-13-3-4-13)10-16(15)12-19;2*3-2(4,5)1(6)7/h1-2,5-6,13,15-16H,3-4,7-12H2;2*(H,6,7). The van der Waals surface area contributed by atoms with Gasteiger partial charge in [-0.3, -0.25) is 9.88 Å². The molecule has 3 heterocycles. The van der Waals surface area contributed by atoms with Gasteiger partial charge in [-0.2, -0.15) is 26.3 Å². The predicted octanol–water partition coefficient (Wildman–Crippen LogP) is 3.12. The summed E-state index contributed by atoms with van der Waals surface area (Å²) in [6.45, 7) is 7.76. The SMILES string of the molecule is O=C(O)C(F)(F)F.O=C(O)C(F)(F)F.c1cncc(CN2CC3CN(CC4CC4)CC3C2)c1. The number of carbonyl (C=O) groups is 2. The number of pyridine rings is 1. The molecule has 186 valence electrons. The quantitative estimate of drug-likeness (QED) is 0.633. The topological polar surface area (TPSA) is 94.0 Å². The second-order valence-corrected chi connectivity index (χ2v) is 8.34. The number of rotatable bonds is 4. The van der Waals surface area contributed by atoms with Crippen molar-refractivity contribution in [3.05, 3.63) is 30.1 Å². The molecule has 0 amide bonds. The van der Waals surface area contributed by atoms with Crippen LogP contribution in [0.3, 0.4) is 0 Å². The summed E-state index contributed by atoms with van der Waals surface area (Å²) in [7, 11) is 0. The van der Waals surface area contributed by atoms with Crippen molar-refractivity contribution in [2.45, 2.75) is 31.7 Å². The first kappa shape index (κ1) is 26.8. The average molecular weight is 485 g/mol. The van der Waals surface area contributed by atoms with Crippen molar-refractivity contribution >= 4 is 11.9 Å². The van der Waals surface area contributed by atoms with Crippen molar-refractivity contribution in [3.63, 3.8) is 0 Å². The number of likely N-dealkylation sites (tertiary alicyclic amines) is 2. The van der Waals surface area contributed by atoms with E-state index in [9.17, 15) is 26.3 Å². The largest absolute Gasteiger partial charge is 0.490 e. The second kappa shape index (κ2) is 11.1. The van der Waals surface area contributed by atoms with Crippen molar-refractivity contribution < 1.29 is 46.1 Å². The van der Waals surface area contributed by atoms with Gasteiger partial charge in [-0.25, -0.2) is 9.59 Å². The third-order valence-electron chi connectivity index (χ3n) is 5.46. The Balaban J connectivity index is 0.000000230. The molecule has 0 spiro atoms. The maximum absolute atomic E-state index is 10.6. The molecule has 0 radical (unpaired) electrons. The lowest BCUT2D eigenvalue weighted by Gasteiger charge is -2.21. The molecule has 2 atom stereocenters. The van der Waals surface area contributed by atoms with Crippen LogP contribution in [0.5, 0.6) is 0 Å². The number of aliphatic carboxylic acids is 2. The molecule has 2 unspecified atom stereocenters. The molecular formula is C20H25F6N3O4. The lowest BCUT2D eigenvalue weighted by Crippen LogP contribution is -2.29. The van der Waals surface area contributed by atoms with E-state index in [1.807, 2.05) is 18.5 Å². The normalized spacial score (nSPS) is 23.1. The summed E-state index contributed by atoms with van der Waals surface area (Å²) in [5, 5.41) is 14.2. The van der Waals surface area contributed by atoms with Gasteiger partial charge in [-0.05, 0) is 42.2 Å². The van der Waals surface area contributed by atoms with Gasteiger partial charge in [0.15, 0.2) is 0 Å². The van der Waals surface area contributed by atoms with E-state index in [2.05, 4.69) is 20.9 Å². The number of hydrogen-bond acceptors (Lipinski definition) is 5. The number of fused-ring (bicyclic) bond motifs is 1. The van der Waals surface area contributed by atoms with E-state index < -0.39 is 24.3 Å². The minimum absolute atomic E-state index is 0.926. The van der Waals surface area contributed by atoms with Crippen molar-refractivity contribution in [3.8, 4) is 0 Å². The van der Waals surface area contributed by atoms with Gasteiger partial charge < -0.3 is 15.1 Å². The molecule has 2 aliphatic heterocycles. The Morgan fingerprint density at radius 3 is 1.73 bits per heavy atom. The van der Waals surface area contributed by atoms with Crippen molar-refractivity contribution in [2.75, 3.05) is 32.7 Å². The number of halogens is 6. The monoisotopic (exact) mass is 485 g/mol. The summed E-state index contributed by atoms with van der Waals surface area (Å²) in [6, 6.07) is 4.24. The number of hydrogen-bond donors (Lipinski definition) is 2. The van der Waals surface area contributed by atoms with E-state index in [1.54, 1.807) is 0 Å². The van der Waals surface area contributed by atoms with Gasteiger partial charge in [0.2, 0.25) is 0 Å². The minimum atomic E-state index is -5.08. The Labute approximate surface area is 186 Å². The zero-order chi connectivity index (χ0) is 24.8. The van der Waals surface area contributed by atoms with Gasteiger partial charge in [0, 0.05) is 51.7 Å². The fourth-order valence-electron chi connectivity index (χ4n) is 3.88. The summed E-state index contributed by atoms with van der Waals surface area (Å²) >= 11 is 0. The number of aromatic nitrogens is 1. The minimum Gasteiger partial charge on any atom is -0.475 e. The lowest BCUT2D eigenvalue weighted by molar-refractivity contribution is -0.193. The number of carboxylic acids is 2. The fourth-order valence-corrected chi connectivity index (χ4v) is 3.88. The molecule has 0 bridgehead atoms. The third-order valence-corrected chi connectivity index (χ3v) is 5.46. The van der Waals surface area contributed by atoms with Gasteiger partial charge in [-0.1, -0.05) is 6.07 Å². The van der Waals surface area contributed by atoms with Crippen molar-refractivity contribution in [2.24, 2.45) is 17.8 Å². The Morgan fingerprint density at radius 2 is 1.36 bits per heavy atom. The summed E-state index contributed by atoms with van der Waals surface area (Å²) in [6.07, 6.45) is -3.33. The highest BCUT2D eigenvalue weighted by atomic mass is 19.4. The first-order valence-electron chi connectivity index (χ1n) is 10.2. The van der Waals surface area contributed by atoms with E-state index >= 15 is 0 Å². The van der Waals surface area contributed by atoms with E-state index in [0.717, 1.165) is 24.3 Å². The van der Waals surface area contributed by atoms with Crippen LogP contribution in [0.2, 0.25) is 0 Å². The molecule has 4 rings (SSSR count). The molecule has 13 heteroatoms. The molecule has 3 fully saturated rings. The molecule has 1 aromatic rings. The summed E-state index contributed by atoms with van der Waals surface area (Å²) < 4.78 is 63.5. The first-order valence-corrected chi connectivity index (χ1v) is 10.2. The van der Waals surface area contributed by atoms with Gasteiger partial charge in [-0.15, -0.1) is 0 Å². The fraction of sp³-hybridized carbons (Fsp3) is 0.650. The van der Waals surface area contributed by atoms with E-state index in [4.69, 9.17) is 19.8 Å². The van der Waals surface area contributed by atoms with Crippen LogP contribution in [0.1, 0.15) is 18.4 Å². The number of alkyl halides is 6. The molecular weight excluding hydrogens is 460 g/mol. The van der Waals surface area contributed by atoms with Gasteiger partial charge in [0.25, 0.3) is 0 Å². The molecule has 33 heavy (non-hydrogen) atoms. The molecule has 1 saturated carbocycles. The van der Waals surface area contributed by atoms with Crippen molar-refractivity contribution in [1.29, 1.82) is 0 Å². The molecule has 1 aliphatic carbocycles. The maximum atomic E-state index is 10.6. The highest BCUT2D eigenvalue weighted by Crippen LogP contribution is 2.36. The van der Waals surface area contributed by atoms with Crippen LogP contribution in [0.15, 0.2) is 24.5 Å². The molecule has 2 saturated heterocycles. The molecule has 0 aromatic carbocycles. The summed E-state index contributed by atoms with van der Waals surface area (Å²) in [5.41, 5.74) is 1.36. The average Bonchev–Trinajstić information content (AvgIpc) is 3.31. The van der Waals surface area contributed by atoms with E-state index in [0.29, 0.717) is 0 Å². The molecule has 1 aromatic heterocycles. The van der Waals surface area contributed by atoms with Gasteiger partial charge >= 0.3 is 24.3 Å². The summed E-state index contributed by atoms with van der Waals surface area (Å²) in [4.78, 5) is 27.4. The van der Waals surface area contributed by atoms with Crippen LogP contribution < -0.4 is 0 Å². The first-order chi connectivity index (χ1) is 15.3. The summed E-state index contributed by atoms with van der Waals surface area (Å²) in [5.74, 6) is -2.61. The number of nitrogens with zero attached hydrogens (tertiary/aromatic N) is 3.